The van der Waals surface area contributed by atoms with Crippen molar-refractivity contribution in [2.45, 2.75) is 5.16 Å². The van der Waals surface area contributed by atoms with E-state index in [-0.39, 0.29) is 11.4 Å². The molecule has 0 bridgehead atoms. The lowest BCUT2D eigenvalue weighted by atomic mass is 10.2. The van der Waals surface area contributed by atoms with Gasteiger partial charge in [-0.2, -0.15) is 19.9 Å². The van der Waals surface area contributed by atoms with Gasteiger partial charge < -0.3 is 0 Å². The van der Waals surface area contributed by atoms with Crippen LogP contribution in [-0.4, -0.2) is 25.3 Å². The highest BCUT2D eigenvalue weighted by molar-refractivity contribution is 9.10. The summed E-state index contributed by atoms with van der Waals surface area (Å²) >= 11 is 4.69. The van der Waals surface area contributed by atoms with Crippen molar-refractivity contribution in [3.05, 3.63) is 63.4 Å². The lowest BCUT2D eigenvalue weighted by Gasteiger charge is -2.10. The van der Waals surface area contributed by atoms with Crippen LogP contribution in [-0.2, 0) is 0 Å². The molecule has 0 aliphatic rings. The lowest BCUT2D eigenvalue weighted by molar-refractivity contribution is 0.770. The normalized spacial score (nSPS) is 10.9. The molecule has 26 heavy (non-hydrogen) atoms. The average Bonchev–Trinajstić information content (AvgIpc) is 2.66. The first-order valence-electron chi connectivity index (χ1n) is 7.63. The Labute approximate surface area is 160 Å². The summed E-state index contributed by atoms with van der Waals surface area (Å²) in [6.07, 6.45) is 0. The van der Waals surface area contributed by atoms with Gasteiger partial charge in [0.2, 0.25) is 0 Å². The second-order valence-corrected chi connectivity index (χ2v) is 7.23. The number of rotatable bonds is 3. The second kappa shape index (κ2) is 6.86. The smallest absolute Gasteiger partial charge is 0.265 e. The first-order chi connectivity index (χ1) is 12.7. The first kappa shape index (κ1) is 16.7. The van der Waals surface area contributed by atoms with Gasteiger partial charge in [-0.05, 0) is 18.2 Å². The minimum Gasteiger partial charge on any atom is -0.265 e. The molecule has 0 radical (unpaired) electrons. The summed E-state index contributed by atoms with van der Waals surface area (Å²) in [5.41, 5.74) is 1.64. The van der Waals surface area contributed by atoms with Crippen molar-refractivity contribution in [2.75, 3.05) is 5.75 Å². The maximum atomic E-state index is 12.6. The predicted octanol–water partition coefficient (Wildman–Crippen LogP) is 3.68. The standard InChI is InChI=1S/C18H10BrN5OS/c19-12-6-7-14-13(10-12)16-22-17(25)15(11-4-2-1-3-5-11)23-24(16)18(21-14)26-9-8-20/h1-7,10H,9H2. The lowest BCUT2D eigenvalue weighted by Crippen LogP contribution is -2.17. The van der Waals surface area contributed by atoms with E-state index >= 15 is 0 Å². The Hall–Kier alpha value is -2.76. The van der Waals surface area contributed by atoms with Gasteiger partial charge in [-0.25, -0.2) is 4.98 Å². The number of hydrogen-bond acceptors (Lipinski definition) is 6. The van der Waals surface area contributed by atoms with Gasteiger partial charge in [-0.1, -0.05) is 58.0 Å². The summed E-state index contributed by atoms with van der Waals surface area (Å²) in [7, 11) is 0. The molecule has 0 aliphatic carbocycles. The van der Waals surface area contributed by atoms with E-state index in [9.17, 15) is 4.79 Å². The van der Waals surface area contributed by atoms with Crippen LogP contribution in [0.5, 0.6) is 0 Å². The molecule has 0 spiro atoms. The SMILES string of the molecule is N#CCSc1nc2ccc(Br)cc2c2nc(=O)c(-c3ccccc3)nn12. The van der Waals surface area contributed by atoms with Gasteiger partial charge in [-0.3, -0.25) is 4.79 Å². The number of nitrogens with zero attached hydrogens (tertiary/aromatic N) is 5. The maximum absolute atomic E-state index is 12.6. The zero-order valence-electron chi connectivity index (χ0n) is 13.3. The Morgan fingerprint density at radius 2 is 1.96 bits per heavy atom. The summed E-state index contributed by atoms with van der Waals surface area (Å²) in [4.78, 5) is 21.5. The summed E-state index contributed by atoms with van der Waals surface area (Å²) in [6.45, 7) is 0. The highest BCUT2D eigenvalue weighted by atomic mass is 79.9. The summed E-state index contributed by atoms with van der Waals surface area (Å²) < 4.78 is 2.40. The number of hydrogen-bond donors (Lipinski definition) is 0. The minimum atomic E-state index is -0.403. The fourth-order valence-corrected chi connectivity index (χ4v) is 3.56. The third-order valence-corrected chi connectivity index (χ3v) is 5.01. The van der Waals surface area contributed by atoms with Crippen LogP contribution in [0.2, 0.25) is 0 Å². The second-order valence-electron chi connectivity index (χ2n) is 5.37. The molecular formula is C18H10BrN5OS. The summed E-state index contributed by atoms with van der Waals surface area (Å²) in [5.74, 6) is 0.221. The average molecular weight is 424 g/mol. The van der Waals surface area contributed by atoms with Crippen LogP contribution in [0.4, 0.5) is 0 Å². The molecule has 126 valence electrons. The van der Waals surface area contributed by atoms with E-state index in [1.165, 1.54) is 11.8 Å². The molecule has 8 heteroatoms. The monoisotopic (exact) mass is 423 g/mol. The molecule has 2 aromatic heterocycles. The van der Waals surface area contributed by atoms with Crippen LogP contribution in [0.25, 0.3) is 27.8 Å². The Morgan fingerprint density at radius 1 is 1.15 bits per heavy atom. The van der Waals surface area contributed by atoms with Gasteiger partial charge in [0.25, 0.3) is 5.56 Å². The number of halogens is 1. The first-order valence-corrected chi connectivity index (χ1v) is 9.41. The topological polar surface area (TPSA) is 83.9 Å². The van der Waals surface area contributed by atoms with Crippen molar-refractivity contribution < 1.29 is 0 Å². The van der Waals surface area contributed by atoms with Gasteiger partial charge in [0, 0.05) is 15.4 Å². The number of benzene rings is 2. The quantitative estimate of drug-likeness (QED) is 0.283. The maximum Gasteiger partial charge on any atom is 0.300 e. The molecule has 0 fully saturated rings. The Morgan fingerprint density at radius 3 is 2.73 bits per heavy atom. The van der Waals surface area contributed by atoms with E-state index in [4.69, 9.17) is 5.26 Å². The van der Waals surface area contributed by atoms with Crippen molar-refractivity contribution in [3.8, 4) is 17.3 Å². The fourth-order valence-electron chi connectivity index (χ4n) is 2.60. The molecule has 0 atom stereocenters. The number of nitriles is 1. The molecule has 0 aliphatic heterocycles. The fraction of sp³-hybridized carbons (Fsp3) is 0.0556. The van der Waals surface area contributed by atoms with Crippen LogP contribution in [0.3, 0.4) is 0 Å². The summed E-state index contributed by atoms with van der Waals surface area (Å²) in [6, 6.07) is 16.8. The van der Waals surface area contributed by atoms with E-state index < -0.39 is 5.56 Å². The molecule has 0 amide bonds. The van der Waals surface area contributed by atoms with Gasteiger partial charge in [-0.15, -0.1) is 0 Å². The predicted molar refractivity (Wildman–Crippen MR) is 104 cm³/mol. The Balaban J connectivity index is 2.09. The zero-order valence-corrected chi connectivity index (χ0v) is 15.7. The molecule has 6 nitrogen and oxygen atoms in total. The third-order valence-electron chi connectivity index (χ3n) is 3.72. The zero-order chi connectivity index (χ0) is 18.1. The van der Waals surface area contributed by atoms with Crippen molar-refractivity contribution in [1.29, 1.82) is 5.26 Å². The van der Waals surface area contributed by atoms with E-state index in [0.717, 1.165) is 4.47 Å². The molecule has 4 rings (SSSR count). The molecule has 0 unspecified atom stereocenters. The molecule has 0 saturated heterocycles. The van der Waals surface area contributed by atoms with E-state index in [1.807, 2.05) is 48.5 Å². The van der Waals surface area contributed by atoms with Crippen LogP contribution < -0.4 is 5.56 Å². The van der Waals surface area contributed by atoms with Gasteiger partial charge >= 0.3 is 0 Å². The van der Waals surface area contributed by atoms with Crippen molar-refractivity contribution in [3.63, 3.8) is 0 Å². The summed E-state index contributed by atoms with van der Waals surface area (Å²) in [5, 5.41) is 14.7. The largest absolute Gasteiger partial charge is 0.300 e. The highest BCUT2D eigenvalue weighted by Gasteiger charge is 2.15. The van der Waals surface area contributed by atoms with Gasteiger partial charge in [0.05, 0.1) is 17.3 Å². The molecule has 2 aromatic carbocycles. The number of aromatic nitrogens is 4. The number of thioether (sulfide) groups is 1. The Kier molecular flexibility index (Phi) is 4.41. The number of fused-ring (bicyclic) bond motifs is 3. The van der Waals surface area contributed by atoms with Crippen molar-refractivity contribution >= 4 is 44.2 Å². The highest BCUT2D eigenvalue weighted by Crippen LogP contribution is 2.26. The van der Waals surface area contributed by atoms with Crippen LogP contribution in [0.15, 0.2) is 63.0 Å². The van der Waals surface area contributed by atoms with Crippen LogP contribution in [0.1, 0.15) is 0 Å². The van der Waals surface area contributed by atoms with Gasteiger partial charge in [0.15, 0.2) is 16.5 Å². The molecule has 4 aromatic rings. The van der Waals surface area contributed by atoms with Crippen LogP contribution >= 0.6 is 27.7 Å². The van der Waals surface area contributed by atoms with Crippen LogP contribution in [0, 0.1) is 11.3 Å². The van der Waals surface area contributed by atoms with E-state index in [1.54, 1.807) is 4.52 Å². The third kappa shape index (κ3) is 2.96. The van der Waals surface area contributed by atoms with Crippen molar-refractivity contribution in [1.82, 2.24) is 19.6 Å². The van der Waals surface area contributed by atoms with E-state index in [0.29, 0.717) is 27.3 Å². The Bertz CT molecular complexity index is 1230. The molecule has 0 saturated carbocycles. The van der Waals surface area contributed by atoms with E-state index in [2.05, 4.69) is 37.1 Å². The molecule has 0 N–H and O–H groups in total. The molecular weight excluding hydrogens is 414 g/mol. The minimum absolute atomic E-state index is 0.221. The van der Waals surface area contributed by atoms with Gasteiger partial charge in [0.1, 0.15) is 0 Å². The molecule has 2 heterocycles. The van der Waals surface area contributed by atoms with Crippen molar-refractivity contribution in [2.24, 2.45) is 0 Å².